The van der Waals surface area contributed by atoms with Gasteiger partial charge >= 0.3 is 6.18 Å². The van der Waals surface area contributed by atoms with Crippen molar-refractivity contribution in [3.05, 3.63) is 68.5 Å². The fraction of sp³-hybridized carbons (Fsp3) is 0.150. The maximum atomic E-state index is 12.8. The molecule has 0 atom stereocenters. The summed E-state index contributed by atoms with van der Waals surface area (Å²) >= 11 is 12.4. The van der Waals surface area contributed by atoms with Crippen LogP contribution in [0, 0.1) is 6.92 Å². The van der Waals surface area contributed by atoms with Crippen molar-refractivity contribution < 1.29 is 22.8 Å². The van der Waals surface area contributed by atoms with Gasteiger partial charge in [0.1, 0.15) is 0 Å². The van der Waals surface area contributed by atoms with Gasteiger partial charge in [-0.2, -0.15) is 13.2 Å². The highest BCUT2D eigenvalue weighted by Crippen LogP contribution is 2.33. The van der Waals surface area contributed by atoms with Crippen LogP contribution in [-0.2, 0) is 17.4 Å². The zero-order valence-electron chi connectivity index (χ0n) is 17.5. The van der Waals surface area contributed by atoms with E-state index in [9.17, 15) is 22.8 Å². The Hall–Kier alpha value is -2.93. The van der Waals surface area contributed by atoms with E-state index in [1.54, 1.807) is 35.7 Å². The average molecular weight is 566 g/mol. The SMILES string of the molecule is Cc1nc2c(NC(=O)c3c(Cl)cccc3Cl)cccn2c1CC(=O)Nc1nnc(C(F)(F)F)s1.Cl. The van der Waals surface area contributed by atoms with Gasteiger partial charge in [0, 0.05) is 6.20 Å². The summed E-state index contributed by atoms with van der Waals surface area (Å²) in [4.78, 5) is 29.7. The summed E-state index contributed by atoms with van der Waals surface area (Å²) < 4.78 is 39.7. The van der Waals surface area contributed by atoms with Crippen molar-refractivity contribution in [3.63, 3.8) is 0 Å². The molecule has 1 aromatic carbocycles. The van der Waals surface area contributed by atoms with Gasteiger partial charge in [-0.05, 0) is 31.2 Å². The molecule has 4 rings (SSSR count). The number of hydrogen-bond donors (Lipinski definition) is 2. The normalized spacial score (nSPS) is 11.3. The monoisotopic (exact) mass is 564 g/mol. The van der Waals surface area contributed by atoms with E-state index < -0.39 is 23.0 Å². The third kappa shape index (κ3) is 5.67. The number of carbonyl (C=O) groups is 2. The maximum Gasteiger partial charge on any atom is 0.445 e. The number of aryl methyl sites for hydroxylation is 1. The van der Waals surface area contributed by atoms with Crippen LogP contribution < -0.4 is 10.6 Å². The summed E-state index contributed by atoms with van der Waals surface area (Å²) in [6.45, 7) is 1.67. The number of pyridine rings is 1. The molecule has 3 aromatic heterocycles. The van der Waals surface area contributed by atoms with Crippen molar-refractivity contribution in [2.45, 2.75) is 19.5 Å². The van der Waals surface area contributed by atoms with E-state index in [2.05, 4.69) is 25.8 Å². The Morgan fingerprint density at radius 1 is 1.09 bits per heavy atom. The number of nitrogens with one attached hydrogen (secondary N) is 2. The quantitative estimate of drug-likeness (QED) is 0.324. The molecule has 2 N–H and O–H groups in total. The van der Waals surface area contributed by atoms with Crippen LogP contribution in [0.25, 0.3) is 5.65 Å². The average Bonchev–Trinajstić information content (AvgIpc) is 3.33. The van der Waals surface area contributed by atoms with Gasteiger partial charge in [-0.3, -0.25) is 9.59 Å². The van der Waals surface area contributed by atoms with Gasteiger partial charge in [0.2, 0.25) is 16.0 Å². The third-order valence-corrected chi connectivity index (χ3v) is 6.14. The molecule has 0 fully saturated rings. The number of alkyl halides is 3. The summed E-state index contributed by atoms with van der Waals surface area (Å²) in [6.07, 6.45) is -3.21. The lowest BCUT2D eigenvalue weighted by atomic mass is 10.2. The molecular weight excluding hydrogens is 552 g/mol. The van der Waals surface area contributed by atoms with Gasteiger partial charge in [0.25, 0.3) is 5.91 Å². The molecule has 0 aliphatic heterocycles. The van der Waals surface area contributed by atoms with Crippen LogP contribution in [0.15, 0.2) is 36.5 Å². The van der Waals surface area contributed by atoms with Crippen molar-refractivity contribution in [3.8, 4) is 0 Å². The number of carbonyl (C=O) groups excluding carboxylic acids is 2. The van der Waals surface area contributed by atoms with Gasteiger partial charge in [0.05, 0.1) is 39.1 Å². The highest BCUT2D eigenvalue weighted by Gasteiger charge is 2.35. The zero-order chi connectivity index (χ0) is 24.6. The maximum absolute atomic E-state index is 12.8. The molecule has 8 nitrogen and oxygen atoms in total. The number of benzene rings is 1. The van der Waals surface area contributed by atoms with Crippen LogP contribution >= 0.6 is 46.9 Å². The molecule has 0 bridgehead atoms. The fourth-order valence-corrected chi connectivity index (χ4v) is 4.34. The summed E-state index contributed by atoms with van der Waals surface area (Å²) in [7, 11) is 0. The van der Waals surface area contributed by atoms with E-state index in [0.29, 0.717) is 22.7 Å². The van der Waals surface area contributed by atoms with E-state index in [1.807, 2.05) is 0 Å². The second-order valence-electron chi connectivity index (χ2n) is 6.95. The van der Waals surface area contributed by atoms with Crippen molar-refractivity contribution >= 4 is 75.2 Å². The third-order valence-electron chi connectivity index (χ3n) is 4.63. The Labute approximate surface area is 215 Å². The number of fused-ring (bicyclic) bond motifs is 1. The van der Waals surface area contributed by atoms with E-state index in [0.717, 1.165) is 0 Å². The molecule has 0 aliphatic carbocycles. The first-order valence-electron chi connectivity index (χ1n) is 9.47. The summed E-state index contributed by atoms with van der Waals surface area (Å²) in [5.74, 6) is -1.15. The largest absolute Gasteiger partial charge is 0.445 e. The van der Waals surface area contributed by atoms with Crippen molar-refractivity contribution in [1.29, 1.82) is 0 Å². The predicted octanol–water partition coefficient (Wildman–Crippen LogP) is 5.68. The second-order valence-corrected chi connectivity index (χ2v) is 8.74. The molecule has 0 spiro atoms. The van der Waals surface area contributed by atoms with Crippen LogP contribution in [0.5, 0.6) is 0 Å². The molecular formula is C20H14Cl3F3N6O2S. The molecule has 0 unspecified atom stereocenters. The number of aromatic nitrogens is 4. The number of hydrogen-bond acceptors (Lipinski definition) is 6. The van der Waals surface area contributed by atoms with E-state index >= 15 is 0 Å². The molecule has 0 radical (unpaired) electrons. The number of imidazole rings is 1. The lowest BCUT2D eigenvalue weighted by Gasteiger charge is -2.10. The molecule has 184 valence electrons. The van der Waals surface area contributed by atoms with Crippen LogP contribution in [0.1, 0.15) is 26.8 Å². The molecule has 0 saturated carbocycles. The number of halogens is 6. The Balaban J connectivity index is 0.00000342. The first-order chi connectivity index (χ1) is 16.0. The van der Waals surface area contributed by atoms with Gasteiger partial charge in [-0.25, -0.2) is 4.98 Å². The van der Waals surface area contributed by atoms with E-state index in [1.165, 1.54) is 12.1 Å². The van der Waals surface area contributed by atoms with Crippen LogP contribution in [0.4, 0.5) is 24.0 Å². The lowest BCUT2D eigenvalue weighted by molar-refractivity contribution is -0.138. The van der Waals surface area contributed by atoms with Crippen molar-refractivity contribution in [2.75, 3.05) is 10.6 Å². The smallest absolute Gasteiger partial charge is 0.319 e. The van der Waals surface area contributed by atoms with E-state index in [4.69, 9.17) is 23.2 Å². The standard InChI is InChI=1S/C20H13Cl2F3N6O2S.ClH/c1-9-13(8-14(32)28-19-30-29-18(34-19)20(23,24)25)31-7-3-6-12(16(31)26-9)27-17(33)15-10(21)4-2-5-11(15)22;/h2-7H,8H2,1H3,(H,27,33)(H,28,30,32);1H. The topological polar surface area (TPSA) is 101 Å². The first-order valence-corrected chi connectivity index (χ1v) is 11.0. The molecule has 0 aliphatic rings. The van der Waals surface area contributed by atoms with Gasteiger partial charge in [-0.1, -0.05) is 40.6 Å². The second kappa shape index (κ2) is 10.4. The Morgan fingerprint density at radius 3 is 2.40 bits per heavy atom. The molecule has 0 saturated heterocycles. The number of rotatable bonds is 5. The highest BCUT2D eigenvalue weighted by molar-refractivity contribution is 7.15. The van der Waals surface area contributed by atoms with Gasteiger partial charge < -0.3 is 15.0 Å². The number of anilines is 2. The minimum atomic E-state index is -4.64. The minimum absolute atomic E-state index is 0. The minimum Gasteiger partial charge on any atom is -0.319 e. The highest BCUT2D eigenvalue weighted by atomic mass is 35.5. The first kappa shape index (κ1) is 26.7. The molecule has 35 heavy (non-hydrogen) atoms. The van der Waals surface area contributed by atoms with Gasteiger partial charge in [-0.15, -0.1) is 22.6 Å². The van der Waals surface area contributed by atoms with E-state index in [-0.39, 0.29) is 50.9 Å². The van der Waals surface area contributed by atoms with Gasteiger partial charge in [0.15, 0.2) is 5.65 Å². The zero-order valence-corrected chi connectivity index (χ0v) is 20.6. The number of amides is 2. The summed E-state index contributed by atoms with van der Waals surface area (Å²) in [5, 5.41) is 10.3. The lowest BCUT2D eigenvalue weighted by Crippen LogP contribution is -2.16. The van der Waals surface area contributed by atoms with Crippen LogP contribution in [0.2, 0.25) is 10.0 Å². The summed E-state index contributed by atoms with van der Waals surface area (Å²) in [6, 6.07) is 7.95. The van der Waals surface area contributed by atoms with Crippen molar-refractivity contribution in [1.82, 2.24) is 19.6 Å². The van der Waals surface area contributed by atoms with Crippen molar-refractivity contribution in [2.24, 2.45) is 0 Å². The molecule has 2 amide bonds. The Bertz CT molecular complexity index is 1400. The Morgan fingerprint density at radius 2 is 1.77 bits per heavy atom. The molecule has 15 heteroatoms. The fourth-order valence-electron chi connectivity index (χ4n) is 3.14. The van der Waals surface area contributed by atoms with Crippen LogP contribution in [-0.4, -0.2) is 31.4 Å². The molecule has 3 heterocycles. The summed E-state index contributed by atoms with van der Waals surface area (Å²) in [5.41, 5.74) is 1.76. The van der Waals surface area contributed by atoms with Crippen LogP contribution in [0.3, 0.4) is 0 Å². The molecule has 4 aromatic rings. The number of nitrogens with zero attached hydrogens (tertiary/aromatic N) is 4. The Kier molecular flexibility index (Phi) is 7.90. The predicted molar refractivity (Wildman–Crippen MR) is 129 cm³/mol.